The number of aromatic nitrogens is 1. The molecule has 0 atom stereocenters. The molecule has 3 rings (SSSR count). The molecule has 2 nitrogen and oxygen atoms in total. The maximum atomic E-state index is 13.1. The number of halogens is 3. The van der Waals surface area contributed by atoms with Gasteiger partial charge in [-0.2, -0.15) is 18.4 Å². The summed E-state index contributed by atoms with van der Waals surface area (Å²) in [5.74, 6) is 0. The number of aryl methyl sites for hydroxylation is 1. The molecule has 0 unspecified atom stereocenters. The summed E-state index contributed by atoms with van der Waals surface area (Å²) in [6.07, 6.45) is -2.80. The number of benzene rings is 2. The molecule has 0 saturated carbocycles. The molecule has 5 heteroatoms. The fourth-order valence-corrected chi connectivity index (χ4v) is 3.64. The largest absolute Gasteiger partial charge is 0.416 e. The van der Waals surface area contributed by atoms with Crippen molar-refractivity contribution in [1.29, 1.82) is 5.26 Å². The van der Waals surface area contributed by atoms with Gasteiger partial charge in [-0.25, -0.2) is 0 Å². The van der Waals surface area contributed by atoms with Gasteiger partial charge in [-0.3, -0.25) is 0 Å². The molecule has 0 aliphatic heterocycles. The van der Waals surface area contributed by atoms with E-state index >= 15 is 0 Å². The molecular weight excluding hydrogens is 397 g/mol. The molecule has 0 amide bonds. The molecule has 160 valence electrons. The summed E-state index contributed by atoms with van der Waals surface area (Å²) < 4.78 is 41.3. The number of nitrogens with zero attached hydrogens (tertiary/aromatic N) is 2. The van der Waals surface area contributed by atoms with Crippen molar-refractivity contribution < 1.29 is 13.2 Å². The molecule has 0 spiro atoms. The van der Waals surface area contributed by atoms with Crippen LogP contribution in [-0.4, -0.2) is 4.57 Å². The lowest BCUT2D eigenvalue weighted by atomic mass is 9.87. The molecule has 0 aliphatic rings. The summed E-state index contributed by atoms with van der Waals surface area (Å²) in [5.41, 5.74) is 4.65. The Hall–Kier alpha value is -3.26. The predicted octanol–water partition coefficient (Wildman–Crippen LogP) is 7.47. The van der Waals surface area contributed by atoms with Gasteiger partial charge in [0.25, 0.3) is 0 Å². The van der Waals surface area contributed by atoms with Crippen LogP contribution < -0.4 is 0 Å². The molecule has 0 N–H and O–H groups in total. The third-order valence-electron chi connectivity index (χ3n) is 5.38. The first-order chi connectivity index (χ1) is 14.4. The van der Waals surface area contributed by atoms with E-state index in [2.05, 4.69) is 49.6 Å². The van der Waals surface area contributed by atoms with E-state index in [1.807, 2.05) is 26.0 Å². The second kappa shape index (κ2) is 8.11. The first-order valence-corrected chi connectivity index (χ1v) is 10.0. The number of allylic oxidation sites excluding steroid dienone is 1. The maximum absolute atomic E-state index is 13.1. The molecule has 3 aromatic rings. The van der Waals surface area contributed by atoms with E-state index in [9.17, 15) is 18.4 Å². The minimum atomic E-state index is -4.45. The van der Waals surface area contributed by atoms with Crippen LogP contribution in [0.1, 0.15) is 54.4 Å². The molecule has 31 heavy (non-hydrogen) atoms. The third kappa shape index (κ3) is 4.74. The Labute approximate surface area is 181 Å². The summed E-state index contributed by atoms with van der Waals surface area (Å²) >= 11 is 0. The standard InChI is InChI=1S/C26H25F3N2/c1-17-13-20(14-21(16-30)19-7-6-8-23(15-19)26(27,28)29)18(2)31(17)24-11-9-22(10-12-24)25(3,4)5/h6-15H,1-5H3/b21-14-. The molecule has 2 aromatic carbocycles. The molecule has 0 radical (unpaired) electrons. The molecular formula is C26H25F3N2. The Morgan fingerprint density at radius 1 is 0.935 bits per heavy atom. The minimum Gasteiger partial charge on any atom is -0.318 e. The number of alkyl halides is 3. The Morgan fingerprint density at radius 3 is 2.13 bits per heavy atom. The van der Waals surface area contributed by atoms with E-state index in [-0.39, 0.29) is 16.6 Å². The number of hydrogen-bond donors (Lipinski definition) is 0. The Bertz CT molecular complexity index is 1170. The summed E-state index contributed by atoms with van der Waals surface area (Å²) in [6.45, 7) is 10.4. The van der Waals surface area contributed by atoms with Gasteiger partial charge in [0.2, 0.25) is 0 Å². The molecule has 1 heterocycles. The molecule has 1 aromatic heterocycles. The average Bonchev–Trinajstić information content (AvgIpc) is 2.98. The lowest BCUT2D eigenvalue weighted by molar-refractivity contribution is -0.137. The van der Waals surface area contributed by atoms with Crippen LogP contribution in [0.2, 0.25) is 0 Å². The van der Waals surface area contributed by atoms with E-state index in [1.54, 1.807) is 6.08 Å². The summed E-state index contributed by atoms with van der Waals surface area (Å²) in [4.78, 5) is 0. The van der Waals surface area contributed by atoms with E-state index in [0.717, 1.165) is 34.8 Å². The van der Waals surface area contributed by atoms with Gasteiger partial charge >= 0.3 is 6.18 Å². The monoisotopic (exact) mass is 422 g/mol. The van der Waals surface area contributed by atoms with Gasteiger partial charge in [0.1, 0.15) is 0 Å². The highest BCUT2D eigenvalue weighted by molar-refractivity contribution is 5.90. The zero-order chi connectivity index (χ0) is 23.0. The quantitative estimate of drug-likeness (QED) is 0.402. The van der Waals surface area contributed by atoms with Gasteiger partial charge in [0.05, 0.1) is 17.2 Å². The Balaban J connectivity index is 2.03. The van der Waals surface area contributed by atoms with Crippen LogP contribution >= 0.6 is 0 Å². The van der Waals surface area contributed by atoms with Gasteiger partial charge in [0.15, 0.2) is 0 Å². The second-order valence-electron chi connectivity index (χ2n) is 8.71. The van der Waals surface area contributed by atoms with Crippen molar-refractivity contribution in [1.82, 2.24) is 4.57 Å². The van der Waals surface area contributed by atoms with Gasteiger partial charge < -0.3 is 4.57 Å². The number of rotatable bonds is 3. The van der Waals surface area contributed by atoms with Crippen molar-refractivity contribution in [3.8, 4) is 11.8 Å². The highest BCUT2D eigenvalue weighted by Gasteiger charge is 2.30. The van der Waals surface area contributed by atoms with Crippen molar-refractivity contribution in [3.63, 3.8) is 0 Å². The SMILES string of the molecule is Cc1cc(/C=C(/C#N)c2cccc(C(F)(F)F)c2)c(C)n1-c1ccc(C(C)(C)C)cc1. The Kier molecular flexibility index (Phi) is 5.87. The van der Waals surface area contributed by atoms with E-state index < -0.39 is 11.7 Å². The average molecular weight is 422 g/mol. The Morgan fingerprint density at radius 2 is 1.58 bits per heavy atom. The minimum absolute atomic E-state index is 0.0554. The van der Waals surface area contributed by atoms with Crippen molar-refractivity contribution in [2.24, 2.45) is 0 Å². The summed E-state index contributed by atoms with van der Waals surface area (Å²) in [7, 11) is 0. The van der Waals surface area contributed by atoms with Crippen molar-refractivity contribution in [3.05, 3.63) is 88.2 Å². The van der Waals surface area contributed by atoms with E-state index in [4.69, 9.17) is 0 Å². The number of nitriles is 1. The van der Waals surface area contributed by atoms with Crippen LogP contribution in [0.15, 0.2) is 54.6 Å². The van der Waals surface area contributed by atoms with Crippen molar-refractivity contribution in [2.45, 2.75) is 46.2 Å². The predicted molar refractivity (Wildman–Crippen MR) is 119 cm³/mol. The van der Waals surface area contributed by atoms with Crippen molar-refractivity contribution in [2.75, 3.05) is 0 Å². The first kappa shape index (κ1) is 22.4. The molecule has 0 bridgehead atoms. The van der Waals surface area contributed by atoms with E-state index in [1.165, 1.54) is 17.7 Å². The third-order valence-corrected chi connectivity index (χ3v) is 5.38. The van der Waals surface area contributed by atoms with Crippen LogP contribution in [0.3, 0.4) is 0 Å². The van der Waals surface area contributed by atoms with Crippen LogP contribution in [0, 0.1) is 25.2 Å². The molecule has 0 saturated heterocycles. The fraction of sp³-hybridized carbons (Fsp3) is 0.269. The highest BCUT2D eigenvalue weighted by atomic mass is 19.4. The van der Waals surface area contributed by atoms with Crippen LogP contribution in [0.4, 0.5) is 13.2 Å². The number of hydrogen-bond acceptors (Lipinski definition) is 1. The van der Waals surface area contributed by atoms with Crippen LogP contribution in [0.5, 0.6) is 0 Å². The normalized spacial score (nSPS) is 12.7. The van der Waals surface area contributed by atoms with Crippen molar-refractivity contribution >= 4 is 11.6 Å². The second-order valence-corrected chi connectivity index (χ2v) is 8.71. The first-order valence-electron chi connectivity index (χ1n) is 10.0. The highest BCUT2D eigenvalue weighted by Crippen LogP contribution is 2.32. The van der Waals surface area contributed by atoms with Crippen LogP contribution in [0.25, 0.3) is 17.3 Å². The smallest absolute Gasteiger partial charge is 0.318 e. The van der Waals surface area contributed by atoms with Gasteiger partial charge in [-0.05, 0) is 72.4 Å². The van der Waals surface area contributed by atoms with Gasteiger partial charge in [0, 0.05) is 17.1 Å². The molecule has 0 aliphatic carbocycles. The van der Waals surface area contributed by atoms with Crippen LogP contribution in [-0.2, 0) is 11.6 Å². The molecule has 0 fully saturated rings. The fourth-order valence-electron chi connectivity index (χ4n) is 3.64. The lowest BCUT2D eigenvalue weighted by Crippen LogP contribution is -2.11. The van der Waals surface area contributed by atoms with Gasteiger partial charge in [-0.1, -0.05) is 45.0 Å². The topological polar surface area (TPSA) is 28.7 Å². The maximum Gasteiger partial charge on any atom is 0.416 e. The summed E-state index contributed by atoms with van der Waals surface area (Å²) in [5, 5.41) is 9.62. The van der Waals surface area contributed by atoms with Gasteiger partial charge in [-0.15, -0.1) is 0 Å². The summed E-state index contributed by atoms with van der Waals surface area (Å²) in [6, 6.07) is 17.2. The van der Waals surface area contributed by atoms with E-state index in [0.29, 0.717) is 0 Å². The zero-order valence-electron chi connectivity index (χ0n) is 18.3. The zero-order valence-corrected chi connectivity index (χ0v) is 18.3. The lowest BCUT2D eigenvalue weighted by Gasteiger charge is -2.20.